The molecule has 75 heavy (non-hydrogen) atoms. The summed E-state index contributed by atoms with van der Waals surface area (Å²) in [7, 11) is 4.83. The Morgan fingerprint density at radius 2 is 1.16 bits per heavy atom. The van der Waals surface area contributed by atoms with E-state index < -0.39 is 135 Å². The van der Waals surface area contributed by atoms with E-state index in [9.17, 15) is 25.5 Å². The molecule has 11 aliphatic rings. The van der Waals surface area contributed by atoms with Crippen molar-refractivity contribution in [3.8, 4) is 0 Å². The third-order valence-corrected chi connectivity index (χ3v) is 20.0. The average Bonchev–Trinajstić information content (AvgIpc) is 3.87. The summed E-state index contributed by atoms with van der Waals surface area (Å²) in [6.45, 7) is 14.5. The lowest BCUT2D eigenvalue weighted by Gasteiger charge is -2.59. The molecular weight excluding hydrogens is 985 g/mol. The Bertz CT molecular complexity index is 2010. The SMILES string of the molecule is CO[C@H]1C[C@@H](O[C@@H]2C(C)O[C@@H](O[C@H]3CC[C@@]4(C)C(=CC[C@@H]5[C@@H]4CC[C@]4(C)[C@@H]6[C@H]7CO[C@]6(C)O[C@@]54O7)C3)C[C@@H]2OC)O[C@@H](C)[C@H]1O[C@H]1C[C@@H](O)[C@H](O[C@H]2C[C@@H](OC)[C@H](O[C@@H]3O[C@H](CO)[C@@H](O)[C@H](O)[C@H]3O)[C@@H](C)O2)[C@@H](C)O1. The highest BCUT2D eigenvalue weighted by Gasteiger charge is 2.83. The Morgan fingerprint density at radius 3 is 1.72 bits per heavy atom. The van der Waals surface area contributed by atoms with Gasteiger partial charge in [-0.25, -0.2) is 0 Å². The Labute approximate surface area is 440 Å². The van der Waals surface area contributed by atoms with Crippen molar-refractivity contribution in [3.63, 3.8) is 0 Å². The Morgan fingerprint density at radius 1 is 0.613 bits per heavy atom. The van der Waals surface area contributed by atoms with Gasteiger partial charge in [0.2, 0.25) is 0 Å². The minimum Gasteiger partial charge on any atom is -0.394 e. The zero-order chi connectivity index (χ0) is 53.1. The summed E-state index contributed by atoms with van der Waals surface area (Å²) < 4.78 is 101. The van der Waals surface area contributed by atoms with Crippen molar-refractivity contribution in [1.29, 1.82) is 0 Å². The van der Waals surface area contributed by atoms with Crippen LogP contribution < -0.4 is 0 Å². The first kappa shape index (κ1) is 55.8. The van der Waals surface area contributed by atoms with E-state index in [1.54, 1.807) is 28.1 Å². The molecule has 2 bridgehead atoms. The molecule has 10 fully saturated rings. The van der Waals surface area contributed by atoms with Crippen molar-refractivity contribution in [1.82, 2.24) is 0 Å². The van der Waals surface area contributed by atoms with E-state index in [2.05, 4.69) is 26.8 Å². The molecule has 5 N–H and O–H groups in total. The van der Waals surface area contributed by atoms with Gasteiger partial charge in [-0.05, 0) is 84.5 Å². The van der Waals surface area contributed by atoms with E-state index in [1.807, 2.05) is 13.8 Å². The largest absolute Gasteiger partial charge is 0.394 e. The number of hydrogen-bond acceptors (Lipinski definition) is 21. The minimum absolute atomic E-state index is 0.0286. The second kappa shape index (κ2) is 21.3. The maximum atomic E-state index is 11.5. The third-order valence-electron chi connectivity index (χ3n) is 20.0. The predicted molar refractivity (Wildman–Crippen MR) is 258 cm³/mol. The van der Waals surface area contributed by atoms with Crippen molar-refractivity contribution in [3.05, 3.63) is 11.6 Å². The Hall–Kier alpha value is -1.10. The maximum Gasteiger partial charge on any atom is 0.187 e. The molecule has 0 aromatic heterocycles. The van der Waals surface area contributed by atoms with Crippen LogP contribution in [0.15, 0.2) is 11.6 Å². The summed E-state index contributed by atoms with van der Waals surface area (Å²) in [5, 5.41) is 52.2. The summed E-state index contributed by atoms with van der Waals surface area (Å²) in [6.07, 6.45) is -7.07. The van der Waals surface area contributed by atoms with E-state index in [-0.39, 0.29) is 54.0 Å². The standard InChI is InChI=1S/C54H86O21/c1-24-45(70-40-21-35(62-10)48(27(4)67-40)73-50-44(59)43(58)42(57)36(22-55)69-50)32(56)18-38(64-24)71-46-26(3)66-41(20-34(46)61-9)72-47-25(2)65-39(19-33(47)60-8)68-29-13-15-51(5)28(17-29)11-12-31-30(51)14-16-52(6)49-37-23-63-53(49,7)75-54(31,52)74-37/h11,24-27,29-50,55-59H,12-23H2,1-10H3/t24-,25?,26+,27-,29+,30+,31-,32-,33+,34+,35-,36-,37-,38+,39+,40+,41-,42-,43+,44-,45-,46-,47-,48-,49+,50+,51+,52-,53-,54+/m1/s1. The fourth-order valence-corrected chi connectivity index (χ4v) is 16.1. The first-order chi connectivity index (χ1) is 35.8. The van der Waals surface area contributed by atoms with Gasteiger partial charge in [0.05, 0.1) is 80.2 Å². The molecule has 0 aromatic carbocycles. The van der Waals surface area contributed by atoms with Crippen LogP contribution in [0.2, 0.25) is 0 Å². The van der Waals surface area contributed by atoms with Gasteiger partial charge in [0.25, 0.3) is 0 Å². The third kappa shape index (κ3) is 9.55. The van der Waals surface area contributed by atoms with Crippen LogP contribution in [0, 0.1) is 28.6 Å². The molecule has 8 saturated heterocycles. The van der Waals surface area contributed by atoms with Gasteiger partial charge in [-0.2, -0.15) is 0 Å². The van der Waals surface area contributed by atoms with Gasteiger partial charge in [-0.1, -0.05) is 25.5 Å². The molecule has 0 radical (unpaired) electrons. The van der Waals surface area contributed by atoms with Gasteiger partial charge in [0, 0.05) is 58.3 Å². The summed E-state index contributed by atoms with van der Waals surface area (Å²) in [5.41, 5.74) is 1.51. The molecule has 0 aromatic rings. The molecule has 8 heterocycles. The first-order valence-electron chi connectivity index (χ1n) is 27.9. The van der Waals surface area contributed by atoms with Crippen molar-refractivity contribution in [2.75, 3.05) is 34.5 Å². The molecule has 2 saturated carbocycles. The van der Waals surface area contributed by atoms with Crippen LogP contribution in [0.4, 0.5) is 0 Å². The van der Waals surface area contributed by atoms with Gasteiger partial charge in [0.1, 0.15) is 48.8 Å². The summed E-state index contributed by atoms with van der Waals surface area (Å²) in [5.74, 6) is -0.0949. The van der Waals surface area contributed by atoms with Crippen LogP contribution in [0.25, 0.3) is 0 Å². The van der Waals surface area contributed by atoms with Crippen LogP contribution in [0.3, 0.4) is 0 Å². The maximum absolute atomic E-state index is 11.5. The van der Waals surface area contributed by atoms with E-state index in [0.29, 0.717) is 31.3 Å². The number of methoxy groups -OCH3 is 3. The van der Waals surface area contributed by atoms with E-state index in [4.69, 9.17) is 75.8 Å². The monoisotopic (exact) mass is 1070 g/mol. The number of rotatable bonds is 14. The van der Waals surface area contributed by atoms with Crippen LogP contribution in [-0.2, 0) is 75.8 Å². The molecule has 0 amide bonds. The topological polar surface area (TPSA) is 249 Å². The second-order valence-corrected chi connectivity index (χ2v) is 24.3. The average molecular weight is 1070 g/mol. The highest BCUT2D eigenvalue weighted by molar-refractivity contribution is 5.30. The molecule has 0 spiro atoms. The van der Waals surface area contributed by atoms with E-state index in [1.165, 1.54) is 19.1 Å². The van der Waals surface area contributed by atoms with Crippen LogP contribution in [0.5, 0.6) is 0 Å². The quantitative estimate of drug-likeness (QED) is 0.157. The molecular formula is C54H86O21. The van der Waals surface area contributed by atoms with Crippen LogP contribution in [-0.4, -0.2) is 213 Å². The number of fused-ring (bicyclic) bond motifs is 3. The van der Waals surface area contributed by atoms with E-state index in [0.717, 1.165) is 32.1 Å². The Kier molecular flexibility index (Phi) is 15.9. The highest BCUT2D eigenvalue weighted by atomic mass is 16.8. The molecule has 21 heteroatoms. The van der Waals surface area contributed by atoms with Gasteiger partial charge < -0.3 is 101 Å². The van der Waals surface area contributed by atoms with Gasteiger partial charge in [-0.15, -0.1) is 0 Å². The van der Waals surface area contributed by atoms with Gasteiger partial charge >= 0.3 is 0 Å². The van der Waals surface area contributed by atoms with Gasteiger partial charge in [0.15, 0.2) is 43.0 Å². The van der Waals surface area contributed by atoms with Crippen molar-refractivity contribution in [2.24, 2.45) is 28.6 Å². The summed E-state index contributed by atoms with van der Waals surface area (Å²) in [4.78, 5) is 0. The number of hydrogen-bond donors (Lipinski definition) is 5. The van der Waals surface area contributed by atoms with Crippen molar-refractivity contribution in [2.45, 2.75) is 266 Å². The van der Waals surface area contributed by atoms with Crippen LogP contribution >= 0.6 is 0 Å². The molecule has 11 rings (SSSR count). The molecule has 428 valence electrons. The second-order valence-electron chi connectivity index (χ2n) is 24.3. The fraction of sp³-hybridized carbons (Fsp3) is 0.963. The van der Waals surface area contributed by atoms with Crippen molar-refractivity contribution >= 4 is 0 Å². The predicted octanol–water partition coefficient (Wildman–Crippen LogP) is 2.70. The van der Waals surface area contributed by atoms with Gasteiger partial charge in [-0.3, -0.25) is 0 Å². The lowest BCUT2D eigenvalue weighted by Crippen LogP contribution is -2.62. The minimum atomic E-state index is -1.60. The Balaban J connectivity index is 0.645. The zero-order valence-electron chi connectivity index (χ0n) is 45.3. The van der Waals surface area contributed by atoms with Crippen molar-refractivity contribution < 1.29 is 101 Å². The molecule has 8 aliphatic heterocycles. The highest BCUT2D eigenvalue weighted by Crippen LogP contribution is 2.76. The fourth-order valence-electron chi connectivity index (χ4n) is 16.1. The molecule has 3 aliphatic carbocycles. The van der Waals surface area contributed by atoms with E-state index >= 15 is 0 Å². The first-order valence-corrected chi connectivity index (χ1v) is 27.9. The number of aliphatic hydroxyl groups excluding tert-OH is 5. The molecule has 21 nitrogen and oxygen atoms in total. The smallest absolute Gasteiger partial charge is 0.187 e. The number of allylic oxidation sites excluding steroid dienone is 1. The summed E-state index contributed by atoms with van der Waals surface area (Å²) in [6, 6.07) is 0. The summed E-state index contributed by atoms with van der Waals surface area (Å²) >= 11 is 0. The number of ether oxygens (including phenoxy) is 16. The normalized spacial score (nSPS) is 56.5. The molecule has 1 unspecified atom stereocenters. The zero-order valence-corrected chi connectivity index (χ0v) is 45.3. The van der Waals surface area contributed by atoms with Crippen LogP contribution in [0.1, 0.15) is 113 Å². The lowest BCUT2D eigenvalue weighted by atomic mass is 9.48. The number of aliphatic hydroxyl groups is 5. The lowest BCUT2D eigenvalue weighted by molar-refractivity contribution is -0.359. The molecule has 30 atom stereocenters.